The van der Waals surface area contributed by atoms with Crippen LogP contribution in [0.3, 0.4) is 0 Å². The molecule has 2 N–H and O–H groups in total. The standard InChI is InChI=1S/C16H11Cl2N3O2/c17-11-3-1-9(2-4-11)14(22)8-20-16(23)12-5-10-6-15(18)19-7-13(10)21-12/h1-7,21H,8H2,(H,20,23). The number of fused-ring (bicyclic) bond motifs is 1. The Hall–Kier alpha value is -2.37. The zero-order valence-electron chi connectivity index (χ0n) is 11.8. The summed E-state index contributed by atoms with van der Waals surface area (Å²) < 4.78 is 0. The molecule has 0 saturated heterocycles. The first-order valence-corrected chi connectivity index (χ1v) is 7.50. The minimum atomic E-state index is -0.375. The van der Waals surface area contributed by atoms with Crippen LogP contribution in [0.15, 0.2) is 42.6 Å². The maximum Gasteiger partial charge on any atom is 0.268 e. The van der Waals surface area contributed by atoms with E-state index in [1.54, 1.807) is 42.6 Å². The molecular weight excluding hydrogens is 337 g/mol. The summed E-state index contributed by atoms with van der Waals surface area (Å²) in [6.45, 7) is -0.102. The van der Waals surface area contributed by atoms with E-state index in [1.165, 1.54) is 0 Å². The lowest BCUT2D eigenvalue weighted by atomic mass is 10.1. The van der Waals surface area contributed by atoms with Crippen LogP contribution in [0.25, 0.3) is 10.9 Å². The third-order valence-electron chi connectivity index (χ3n) is 3.29. The lowest BCUT2D eigenvalue weighted by Gasteiger charge is -2.03. The predicted octanol–water partition coefficient (Wildman–Crippen LogP) is 3.48. The van der Waals surface area contributed by atoms with Crippen molar-refractivity contribution < 1.29 is 9.59 Å². The fourth-order valence-electron chi connectivity index (χ4n) is 2.12. The van der Waals surface area contributed by atoms with Gasteiger partial charge in [-0.1, -0.05) is 23.2 Å². The molecule has 0 aliphatic heterocycles. The maximum absolute atomic E-state index is 12.1. The van der Waals surface area contributed by atoms with Crippen molar-refractivity contribution in [2.75, 3.05) is 6.54 Å². The van der Waals surface area contributed by atoms with E-state index in [2.05, 4.69) is 15.3 Å². The Morgan fingerprint density at radius 1 is 1.13 bits per heavy atom. The smallest absolute Gasteiger partial charge is 0.268 e. The average Bonchev–Trinajstić information content (AvgIpc) is 2.96. The minimum absolute atomic E-state index is 0.102. The van der Waals surface area contributed by atoms with Gasteiger partial charge in [0.1, 0.15) is 10.8 Å². The van der Waals surface area contributed by atoms with E-state index in [0.29, 0.717) is 26.9 Å². The van der Waals surface area contributed by atoms with Crippen LogP contribution in [0, 0.1) is 0 Å². The largest absolute Gasteiger partial charge is 0.349 e. The number of H-pyrrole nitrogens is 1. The molecule has 0 bridgehead atoms. The predicted molar refractivity (Wildman–Crippen MR) is 89.2 cm³/mol. The Kier molecular flexibility index (Phi) is 4.32. The first kappa shape index (κ1) is 15.5. The third kappa shape index (κ3) is 3.52. The Morgan fingerprint density at radius 3 is 2.61 bits per heavy atom. The van der Waals surface area contributed by atoms with Crippen molar-refractivity contribution in [3.63, 3.8) is 0 Å². The molecule has 2 aromatic heterocycles. The van der Waals surface area contributed by atoms with Crippen molar-refractivity contribution in [2.24, 2.45) is 0 Å². The van der Waals surface area contributed by atoms with E-state index in [4.69, 9.17) is 23.2 Å². The van der Waals surface area contributed by atoms with Gasteiger partial charge in [0.25, 0.3) is 5.91 Å². The molecule has 0 saturated carbocycles. The molecule has 0 fully saturated rings. The normalized spacial score (nSPS) is 10.7. The van der Waals surface area contributed by atoms with Crippen molar-refractivity contribution in [1.82, 2.24) is 15.3 Å². The van der Waals surface area contributed by atoms with Crippen molar-refractivity contribution in [1.29, 1.82) is 0 Å². The number of carbonyl (C=O) groups excluding carboxylic acids is 2. The van der Waals surface area contributed by atoms with E-state index in [-0.39, 0.29) is 18.2 Å². The summed E-state index contributed by atoms with van der Waals surface area (Å²) in [7, 11) is 0. The number of benzene rings is 1. The zero-order chi connectivity index (χ0) is 16.4. The second-order valence-corrected chi connectivity index (χ2v) is 5.71. The quantitative estimate of drug-likeness (QED) is 0.560. The number of hydrogen-bond acceptors (Lipinski definition) is 3. The second-order valence-electron chi connectivity index (χ2n) is 4.89. The van der Waals surface area contributed by atoms with Crippen LogP contribution < -0.4 is 5.32 Å². The van der Waals surface area contributed by atoms with E-state index in [9.17, 15) is 9.59 Å². The highest BCUT2D eigenvalue weighted by atomic mass is 35.5. The number of carbonyl (C=O) groups is 2. The van der Waals surface area contributed by atoms with Gasteiger partial charge in [-0.2, -0.15) is 0 Å². The van der Waals surface area contributed by atoms with Gasteiger partial charge in [0.05, 0.1) is 18.3 Å². The molecule has 0 unspecified atom stereocenters. The molecule has 5 nitrogen and oxygen atoms in total. The van der Waals surface area contributed by atoms with Gasteiger partial charge in [0, 0.05) is 16.0 Å². The lowest BCUT2D eigenvalue weighted by Crippen LogP contribution is -2.29. The Labute approximate surface area is 141 Å². The number of rotatable bonds is 4. The average molecular weight is 348 g/mol. The molecule has 116 valence electrons. The Balaban J connectivity index is 1.68. The van der Waals surface area contributed by atoms with Gasteiger partial charge < -0.3 is 10.3 Å². The molecule has 1 amide bonds. The summed E-state index contributed by atoms with van der Waals surface area (Å²) in [5, 5.41) is 4.26. The van der Waals surface area contributed by atoms with Gasteiger partial charge >= 0.3 is 0 Å². The number of aromatic amines is 1. The highest BCUT2D eigenvalue weighted by Gasteiger charge is 2.12. The highest BCUT2D eigenvalue weighted by Crippen LogP contribution is 2.17. The van der Waals surface area contributed by atoms with Gasteiger partial charge in [0.15, 0.2) is 5.78 Å². The van der Waals surface area contributed by atoms with Crippen LogP contribution in [-0.4, -0.2) is 28.2 Å². The molecule has 0 aliphatic rings. The molecule has 0 radical (unpaired) electrons. The van der Waals surface area contributed by atoms with Crippen molar-refractivity contribution in [2.45, 2.75) is 0 Å². The fourth-order valence-corrected chi connectivity index (χ4v) is 2.41. The van der Waals surface area contributed by atoms with Gasteiger partial charge in [0.2, 0.25) is 0 Å². The molecule has 3 rings (SSSR count). The molecule has 2 heterocycles. The number of pyridine rings is 1. The molecule has 0 spiro atoms. The molecule has 7 heteroatoms. The fraction of sp³-hybridized carbons (Fsp3) is 0.0625. The van der Waals surface area contributed by atoms with E-state index >= 15 is 0 Å². The van der Waals surface area contributed by atoms with E-state index < -0.39 is 0 Å². The van der Waals surface area contributed by atoms with Crippen molar-refractivity contribution in [3.05, 3.63) is 64.0 Å². The number of halogens is 2. The Bertz CT molecular complexity index is 888. The van der Waals surface area contributed by atoms with Crippen LogP contribution in [0.1, 0.15) is 20.8 Å². The topological polar surface area (TPSA) is 74.8 Å². The summed E-state index contributed by atoms with van der Waals surface area (Å²) >= 11 is 11.6. The van der Waals surface area contributed by atoms with Crippen LogP contribution in [0.5, 0.6) is 0 Å². The minimum Gasteiger partial charge on any atom is -0.349 e. The molecule has 0 aliphatic carbocycles. The number of hydrogen-bond donors (Lipinski definition) is 2. The molecule has 0 atom stereocenters. The monoisotopic (exact) mass is 347 g/mol. The summed E-state index contributed by atoms with van der Waals surface area (Å²) in [4.78, 5) is 31.0. The number of aromatic nitrogens is 2. The van der Waals surface area contributed by atoms with Crippen LogP contribution in [0.4, 0.5) is 0 Å². The van der Waals surface area contributed by atoms with Crippen molar-refractivity contribution >= 4 is 45.8 Å². The number of amides is 1. The SMILES string of the molecule is O=C(CNC(=O)c1cc2cc(Cl)ncc2[nH]1)c1ccc(Cl)cc1. The first-order chi connectivity index (χ1) is 11.0. The molecule has 23 heavy (non-hydrogen) atoms. The van der Waals surface area contributed by atoms with Gasteiger partial charge in [-0.25, -0.2) is 4.98 Å². The van der Waals surface area contributed by atoms with Crippen molar-refractivity contribution in [3.8, 4) is 0 Å². The summed E-state index contributed by atoms with van der Waals surface area (Å²) in [5.74, 6) is -0.574. The Morgan fingerprint density at radius 2 is 1.87 bits per heavy atom. The lowest BCUT2D eigenvalue weighted by molar-refractivity contribution is 0.0901. The third-order valence-corrected chi connectivity index (χ3v) is 3.75. The number of nitrogens with zero attached hydrogens (tertiary/aromatic N) is 1. The highest BCUT2D eigenvalue weighted by molar-refractivity contribution is 6.30. The first-order valence-electron chi connectivity index (χ1n) is 6.74. The molecule has 1 aromatic carbocycles. The number of Topliss-reactive ketones (excluding diaryl/α,β-unsaturated/α-hetero) is 1. The second kappa shape index (κ2) is 6.40. The van der Waals surface area contributed by atoms with Gasteiger partial charge in [-0.15, -0.1) is 0 Å². The van der Waals surface area contributed by atoms with E-state index in [1.807, 2.05) is 0 Å². The van der Waals surface area contributed by atoms with Crippen LogP contribution in [-0.2, 0) is 0 Å². The zero-order valence-corrected chi connectivity index (χ0v) is 13.3. The van der Waals surface area contributed by atoms with Crippen LogP contribution >= 0.6 is 23.2 Å². The van der Waals surface area contributed by atoms with E-state index in [0.717, 1.165) is 5.39 Å². The van der Waals surface area contributed by atoms with Gasteiger partial charge in [-0.05, 0) is 36.4 Å². The summed E-state index contributed by atoms with van der Waals surface area (Å²) in [5.41, 5.74) is 1.53. The van der Waals surface area contributed by atoms with Gasteiger partial charge in [-0.3, -0.25) is 9.59 Å². The molecular formula is C16H11Cl2N3O2. The summed E-state index contributed by atoms with van der Waals surface area (Å²) in [6, 6.07) is 9.81. The molecule has 3 aromatic rings. The number of ketones is 1. The number of nitrogens with one attached hydrogen (secondary N) is 2. The van der Waals surface area contributed by atoms with Crippen LogP contribution in [0.2, 0.25) is 10.2 Å². The summed E-state index contributed by atoms with van der Waals surface area (Å²) in [6.07, 6.45) is 1.55. The maximum atomic E-state index is 12.1.